The smallest absolute Gasteiger partial charge is 0.342 e. The second kappa shape index (κ2) is 5.67. The Balaban J connectivity index is 2.55. The average molecular weight is 307 g/mol. The molecule has 1 aromatic carbocycles. The summed E-state index contributed by atoms with van der Waals surface area (Å²) in [6.45, 7) is 1.27. The van der Waals surface area contributed by atoms with Crippen molar-refractivity contribution < 1.29 is 29.3 Å². The highest BCUT2D eigenvalue weighted by Gasteiger charge is 2.62. The standard InChI is InChI=1S/C15H17NO6/c1-9(17)16-8-7-12(15(16,13(18)19)14(20)21)10-3-5-11(22-2)6-4-10/h3-6,12H,7-8H2,1-2H3,(H,18,19)(H,20,21). The first-order chi connectivity index (χ1) is 10.4. The molecule has 2 N–H and O–H groups in total. The van der Waals surface area contributed by atoms with E-state index in [0.717, 1.165) is 4.90 Å². The number of amides is 1. The Labute approximate surface area is 127 Å². The number of carboxylic acid groups (broad SMARTS) is 2. The predicted octanol–water partition coefficient (Wildman–Crippen LogP) is 0.939. The van der Waals surface area contributed by atoms with Gasteiger partial charge in [0.25, 0.3) is 0 Å². The number of likely N-dealkylation sites (tertiary alicyclic amines) is 1. The SMILES string of the molecule is COc1ccc(C2CCN(C(C)=O)C2(C(=O)O)C(=O)O)cc1. The number of ether oxygens (including phenoxy) is 1. The summed E-state index contributed by atoms with van der Waals surface area (Å²) in [4.78, 5) is 36.2. The molecule has 1 aliphatic rings. The number of carbonyl (C=O) groups excluding carboxylic acids is 1. The van der Waals surface area contributed by atoms with Gasteiger partial charge in [-0.2, -0.15) is 0 Å². The molecule has 0 aliphatic carbocycles. The number of hydrogen-bond donors (Lipinski definition) is 2. The molecule has 0 bridgehead atoms. The van der Waals surface area contributed by atoms with Gasteiger partial charge in [-0.3, -0.25) is 4.79 Å². The van der Waals surface area contributed by atoms with Crippen molar-refractivity contribution in [3.63, 3.8) is 0 Å². The molecule has 1 unspecified atom stereocenters. The molecule has 1 heterocycles. The van der Waals surface area contributed by atoms with Crippen LogP contribution in [0.2, 0.25) is 0 Å². The van der Waals surface area contributed by atoms with Crippen LogP contribution in [0, 0.1) is 0 Å². The maximum absolute atomic E-state index is 11.8. The predicted molar refractivity (Wildman–Crippen MR) is 75.7 cm³/mol. The Bertz CT molecular complexity index is 595. The summed E-state index contributed by atoms with van der Waals surface area (Å²) in [6, 6.07) is 6.54. The Hall–Kier alpha value is -2.57. The van der Waals surface area contributed by atoms with Gasteiger partial charge in [0.1, 0.15) is 5.75 Å². The monoisotopic (exact) mass is 307 g/mol. The normalized spacial score (nSPS) is 19.7. The van der Waals surface area contributed by atoms with Crippen molar-refractivity contribution >= 4 is 17.8 Å². The number of nitrogens with zero attached hydrogens (tertiary/aromatic N) is 1. The molecule has 7 nitrogen and oxygen atoms in total. The van der Waals surface area contributed by atoms with Crippen molar-refractivity contribution in [2.24, 2.45) is 0 Å². The third kappa shape index (κ3) is 2.18. The maximum atomic E-state index is 11.8. The Morgan fingerprint density at radius 2 is 1.73 bits per heavy atom. The summed E-state index contributed by atoms with van der Waals surface area (Å²) in [5.74, 6) is -3.87. The maximum Gasteiger partial charge on any atom is 0.342 e. The summed E-state index contributed by atoms with van der Waals surface area (Å²) in [5, 5.41) is 19.2. The van der Waals surface area contributed by atoms with Gasteiger partial charge in [0, 0.05) is 19.4 Å². The fraction of sp³-hybridized carbons (Fsp3) is 0.400. The highest BCUT2D eigenvalue weighted by molar-refractivity contribution is 6.08. The van der Waals surface area contributed by atoms with Crippen molar-refractivity contribution in [3.8, 4) is 5.75 Å². The minimum Gasteiger partial charge on any atom is -0.497 e. The quantitative estimate of drug-likeness (QED) is 0.802. The lowest BCUT2D eigenvalue weighted by atomic mass is 9.79. The molecule has 22 heavy (non-hydrogen) atoms. The first-order valence-electron chi connectivity index (χ1n) is 6.74. The van der Waals surface area contributed by atoms with Gasteiger partial charge in [-0.15, -0.1) is 0 Å². The van der Waals surface area contributed by atoms with Gasteiger partial charge in [0.05, 0.1) is 7.11 Å². The van der Waals surface area contributed by atoms with Crippen LogP contribution in [0.25, 0.3) is 0 Å². The van der Waals surface area contributed by atoms with Crippen LogP contribution in [0.1, 0.15) is 24.8 Å². The summed E-state index contributed by atoms with van der Waals surface area (Å²) >= 11 is 0. The van der Waals surface area contributed by atoms with Crippen LogP contribution in [-0.4, -0.2) is 52.2 Å². The van der Waals surface area contributed by atoms with E-state index in [1.807, 2.05) is 0 Å². The zero-order valence-corrected chi connectivity index (χ0v) is 12.3. The zero-order valence-electron chi connectivity index (χ0n) is 12.3. The molecule has 2 rings (SSSR count). The third-order valence-electron chi connectivity index (χ3n) is 4.12. The van der Waals surface area contributed by atoms with E-state index in [2.05, 4.69) is 0 Å². The number of carboxylic acids is 2. The lowest BCUT2D eigenvalue weighted by Crippen LogP contribution is -2.60. The molecule has 1 aliphatic heterocycles. The van der Waals surface area contributed by atoms with Crippen molar-refractivity contribution in [1.29, 1.82) is 0 Å². The van der Waals surface area contributed by atoms with Gasteiger partial charge in [-0.1, -0.05) is 12.1 Å². The molecule has 0 radical (unpaired) electrons. The molecule has 118 valence electrons. The summed E-state index contributed by atoms with van der Waals surface area (Å²) < 4.78 is 5.04. The Morgan fingerprint density at radius 1 is 1.18 bits per heavy atom. The van der Waals surface area contributed by atoms with Crippen LogP contribution in [0.4, 0.5) is 0 Å². The average Bonchev–Trinajstić information content (AvgIpc) is 2.88. The van der Waals surface area contributed by atoms with Crippen LogP contribution < -0.4 is 4.74 Å². The number of carbonyl (C=O) groups is 3. The van der Waals surface area contributed by atoms with Crippen LogP contribution in [0.5, 0.6) is 5.75 Å². The third-order valence-corrected chi connectivity index (χ3v) is 4.12. The zero-order chi connectivity index (χ0) is 16.5. The highest BCUT2D eigenvalue weighted by Crippen LogP contribution is 2.43. The van der Waals surface area contributed by atoms with Crippen molar-refractivity contribution in [2.75, 3.05) is 13.7 Å². The number of rotatable bonds is 4. The molecular formula is C15H17NO6. The lowest BCUT2D eigenvalue weighted by molar-refractivity contribution is -0.170. The fourth-order valence-electron chi connectivity index (χ4n) is 3.10. The highest BCUT2D eigenvalue weighted by atomic mass is 16.5. The van der Waals surface area contributed by atoms with Crippen LogP contribution in [0.15, 0.2) is 24.3 Å². The van der Waals surface area contributed by atoms with Gasteiger partial charge in [-0.05, 0) is 24.1 Å². The summed E-state index contributed by atoms with van der Waals surface area (Å²) in [7, 11) is 1.50. The van der Waals surface area contributed by atoms with Gasteiger partial charge >= 0.3 is 11.9 Å². The molecule has 7 heteroatoms. The second-order valence-electron chi connectivity index (χ2n) is 5.16. The number of aliphatic carboxylic acids is 2. The first-order valence-corrected chi connectivity index (χ1v) is 6.74. The van der Waals surface area contributed by atoms with Gasteiger partial charge in [0.15, 0.2) is 0 Å². The van der Waals surface area contributed by atoms with E-state index < -0.39 is 29.3 Å². The first kappa shape index (κ1) is 15.8. The minimum atomic E-state index is -2.28. The largest absolute Gasteiger partial charge is 0.497 e. The molecule has 0 saturated carbocycles. The molecule has 1 amide bonds. The topological polar surface area (TPSA) is 104 Å². The fourth-order valence-corrected chi connectivity index (χ4v) is 3.10. The van der Waals surface area contributed by atoms with E-state index in [4.69, 9.17) is 4.74 Å². The minimum absolute atomic E-state index is 0.0879. The molecule has 1 aromatic rings. The molecule has 1 fully saturated rings. The summed E-state index contributed by atoms with van der Waals surface area (Å²) in [5.41, 5.74) is -1.73. The molecule has 1 atom stereocenters. The van der Waals surface area contributed by atoms with Crippen LogP contribution in [0.3, 0.4) is 0 Å². The number of hydrogen-bond acceptors (Lipinski definition) is 4. The second-order valence-corrected chi connectivity index (χ2v) is 5.16. The van der Waals surface area contributed by atoms with E-state index in [0.29, 0.717) is 11.3 Å². The van der Waals surface area contributed by atoms with E-state index in [1.165, 1.54) is 14.0 Å². The van der Waals surface area contributed by atoms with Crippen molar-refractivity contribution in [2.45, 2.75) is 24.8 Å². The molecular weight excluding hydrogens is 290 g/mol. The van der Waals surface area contributed by atoms with Crippen molar-refractivity contribution in [1.82, 2.24) is 4.90 Å². The van der Waals surface area contributed by atoms with Crippen molar-refractivity contribution in [3.05, 3.63) is 29.8 Å². The van der Waals surface area contributed by atoms with E-state index >= 15 is 0 Å². The van der Waals surface area contributed by atoms with Crippen LogP contribution in [-0.2, 0) is 14.4 Å². The van der Waals surface area contributed by atoms with E-state index in [1.54, 1.807) is 24.3 Å². The van der Waals surface area contributed by atoms with Gasteiger partial charge in [0.2, 0.25) is 11.4 Å². The van der Waals surface area contributed by atoms with Gasteiger partial charge < -0.3 is 19.8 Å². The molecule has 1 saturated heterocycles. The number of benzene rings is 1. The van der Waals surface area contributed by atoms with Gasteiger partial charge in [-0.25, -0.2) is 9.59 Å². The van der Waals surface area contributed by atoms with E-state index in [9.17, 15) is 24.6 Å². The van der Waals surface area contributed by atoms with E-state index in [-0.39, 0.29) is 13.0 Å². The number of methoxy groups -OCH3 is 1. The Kier molecular flexibility index (Phi) is 4.07. The lowest BCUT2D eigenvalue weighted by Gasteiger charge is -2.34. The van der Waals surface area contributed by atoms with Crippen LogP contribution >= 0.6 is 0 Å². The Morgan fingerprint density at radius 3 is 2.14 bits per heavy atom. The molecule has 0 aromatic heterocycles. The molecule has 0 spiro atoms. The summed E-state index contributed by atoms with van der Waals surface area (Å²) in [6.07, 6.45) is 0.268.